The maximum Gasteiger partial charge on any atom is 0.0136 e. The van der Waals surface area contributed by atoms with E-state index in [9.17, 15) is 0 Å². The molecule has 13 heavy (non-hydrogen) atoms. The molecule has 0 amide bonds. The SMILES string of the molecule is CCC1CCN(C2CCC2CN)C1. The van der Waals surface area contributed by atoms with E-state index < -0.39 is 0 Å². The summed E-state index contributed by atoms with van der Waals surface area (Å²) in [6, 6.07) is 0.849. The van der Waals surface area contributed by atoms with Crippen LogP contribution in [0.25, 0.3) is 0 Å². The summed E-state index contributed by atoms with van der Waals surface area (Å²) in [6.45, 7) is 5.89. The molecule has 2 aliphatic rings. The van der Waals surface area contributed by atoms with Gasteiger partial charge < -0.3 is 5.73 Å². The summed E-state index contributed by atoms with van der Waals surface area (Å²) in [5, 5.41) is 0. The first-order valence-corrected chi connectivity index (χ1v) is 5.79. The quantitative estimate of drug-likeness (QED) is 0.716. The number of likely N-dealkylation sites (tertiary alicyclic amines) is 1. The number of rotatable bonds is 3. The van der Waals surface area contributed by atoms with E-state index in [-0.39, 0.29) is 0 Å². The summed E-state index contributed by atoms with van der Waals surface area (Å²) in [7, 11) is 0. The number of hydrogen-bond donors (Lipinski definition) is 1. The Labute approximate surface area is 81.5 Å². The molecule has 1 aliphatic heterocycles. The zero-order valence-electron chi connectivity index (χ0n) is 8.71. The molecule has 1 saturated heterocycles. The topological polar surface area (TPSA) is 29.3 Å². The van der Waals surface area contributed by atoms with Crippen molar-refractivity contribution in [1.82, 2.24) is 4.90 Å². The van der Waals surface area contributed by atoms with Crippen LogP contribution in [-0.2, 0) is 0 Å². The second-order valence-corrected chi connectivity index (χ2v) is 4.70. The molecule has 3 unspecified atom stereocenters. The van der Waals surface area contributed by atoms with Crippen molar-refractivity contribution in [3.05, 3.63) is 0 Å². The van der Waals surface area contributed by atoms with Crippen LogP contribution in [0.3, 0.4) is 0 Å². The molecular weight excluding hydrogens is 160 g/mol. The van der Waals surface area contributed by atoms with Gasteiger partial charge in [-0.05, 0) is 44.2 Å². The van der Waals surface area contributed by atoms with Crippen LogP contribution in [0, 0.1) is 11.8 Å². The lowest BCUT2D eigenvalue weighted by molar-refractivity contribution is 0.0845. The highest BCUT2D eigenvalue weighted by Crippen LogP contribution is 2.34. The van der Waals surface area contributed by atoms with Gasteiger partial charge in [-0.2, -0.15) is 0 Å². The molecular formula is C11H22N2. The number of nitrogens with zero attached hydrogens (tertiary/aromatic N) is 1. The van der Waals surface area contributed by atoms with Gasteiger partial charge in [-0.1, -0.05) is 13.3 Å². The summed E-state index contributed by atoms with van der Waals surface area (Å²) in [5.74, 6) is 1.79. The van der Waals surface area contributed by atoms with E-state index in [0.29, 0.717) is 0 Å². The molecule has 76 valence electrons. The Kier molecular flexibility index (Phi) is 2.89. The van der Waals surface area contributed by atoms with Crippen molar-refractivity contribution < 1.29 is 0 Å². The molecule has 2 N–H and O–H groups in total. The predicted octanol–water partition coefficient (Wildman–Crippen LogP) is 1.46. The molecule has 2 nitrogen and oxygen atoms in total. The maximum atomic E-state index is 5.73. The molecule has 2 rings (SSSR count). The van der Waals surface area contributed by atoms with Gasteiger partial charge in [-0.15, -0.1) is 0 Å². The van der Waals surface area contributed by atoms with Crippen LogP contribution in [0.5, 0.6) is 0 Å². The molecule has 3 atom stereocenters. The fourth-order valence-corrected chi connectivity index (χ4v) is 2.80. The summed E-state index contributed by atoms with van der Waals surface area (Å²) in [5.41, 5.74) is 5.73. The van der Waals surface area contributed by atoms with E-state index in [4.69, 9.17) is 5.73 Å². The average Bonchev–Trinajstić information content (AvgIpc) is 2.52. The van der Waals surface area contributed by atoms with Crippen molar-refractivity contribution in [3.63, 3.8) is 0 Å². The molecule has 0 aromatic carbocycles. The zero-order chi connectivity index (χ0) is 9.26. The summed E-state index contributed by atoms with van der Waals surface area (Å²) < 4.78 is 0. The predicted molar refractivity (Wildman–Crippen MR) is 55.5 cm³/mol. The van der Waals surface area contributed by atoms with Gasteiger partial charge in [0.2, 0.25) is 0 Å². The Bertz CT molecular complexity index is 167. The van der Waals surface area contributed by atoms with E-state index in [2.05, 4.69) is 11.8 Å². The van der Waals surface area contributed by atoms with Gasteiger partial charge in [-0.3, -0.25) is 4.90 Å². The minimum Gasteiger partial charge on any atom is -0.330 e. The van der Waals surface area contributed by atoms with Crippen LogP contribution in [0.15, 0.2) is 0 Å². The molecule has 1 aliphatic carbocycles. The average molecular weight is 182 g/mol. The van der Waals surface area contributed by atoms with Crippen molar-refractivity contribution in [2.24, 2.45) is 17.6 Å². The normalized spacial score (nSPS) is 40.6. The molecule has 2 heteroatoms. The van der Waals surface area contributed by atoms with E-state index >= 15 is 0 Å². The number of nitrogens with two attached hydrogens (primary N) is 1. The van der Waals surface area contributed by atoms with Gasteiger partial charge in [0.05, 0.1) is 0 Å². The maximum absolute atomic E-state index is 5.73. The molecule has 0 aromatic heterocycles. The lowest BCUT2D eigenvalue weighted by Gasteiger charge is -2.42. The summed E-state index contributed by atoms with van der Waals surface area (Å²) >= 11 is 0. The van der Waals surface area contributed by atoms with E-state index in [0.717, 1.165) is 24.4 Å². The van der Waals surface area contributed by atoms with Gasteiger partial charge >= 0.3 is 0 Å². The van der Waals surface area contributed by atoms with E-state index in [1.54, 1.807) is 0 Å². The Morgan fingerprint density at radius 1 is 1.31 bits per heavy atom. The minimum atomic E-state index is 0.815. The first-order valence-electron chi connectivity index (χ1n) is 5.79. The third-order valence-corrected chi connectivity index (χ3v) is 4.04. The van der Waals surface area contributed by atoms with E-state index in [1.807, 2.05) is 0 Å². The molecule has 2 fully saturated rings. The fraction of sp³-hybridized carbons (Fsp3) is 1.00. The Morgan fingerprint density at radius 3 is 2.62 bits per heavy atom. The van der Waals surface area contributed by atoms with Crippen LogP contribution in [0.4, 0.5) is 0 Å². The Morgan fingerprint density at radius 2 is 2.15 bits per heavy atom. The highest BCUT2D eigenvalue weighted by Gasteiger charge is 2.37. The third-order valence-electron chi connectivity index (χ3n) is 4.04. The molecule has 0 spiro atoms. The first kappa shape index (κ1) is 9.47. The van der Waals surface area contributed by atoms with E-state index in [1.165, 1.54) is 38.8 Å². The molecule has 1 saturated carbocycles. The fourth-order valence-electron chi connectivity index (χ4n) is 2.80. The lowest BCUT2D eigenvalue weighted by atomic mass is 9.78. The highest BCUT2D eigenvalue weighted by atomic mass is 15.2. The third kappa shape index (κ3) is 1.75. The molecule has 0 aromatic rings. The second kappa shape index (κ2) is 3.97. The van der Waals surface area contributed by atoms with Crippen LogP contribution < -0.4 is 5.73 Å². The monoisotopic (exact) mass is 182 g/mol. The van der Waals surface area contributed by atoms with Crippen LogP contribution in [0.2, 0.25) is 0 Å². The van der Waals surface area contributed by atoms with Crippen LogP contribution >= 0.6 is 0 Å². The zero-order valence-corrected chi connectivity index (χ0v) is 8.71. The Balaban J connectivity index is 1.82. The van der Waals surface area contributed by atoms with Crippen LogP contribution in [0.1, 0.15) is 32.6 Å². The summed E-state index contributed by atoms with van der Waals surface area (Å²) in [6.07, 6.45) is 5.55. The van der Waals surface area contributed by atoms with Crippen molar-refractivity contribution in [3.8, 4) is 0 Å². The van der Waals surface area contributed by atoms with Crippen molar-refractivity contribution in [2.45, 2.75) is 38.6 Å². The van der Waals surface area contributed by atoms with Gasteiger partial charge in [0.1, 0.15) is 0 Å². The molecule has 0 radical (unpaired) electrons. The largest absolute Gasteiger partial charge is 0.330 e. The standard InChI is InChI=1S/C11H22N2/c1-2-9-5-6-13(8-9)11-4-3-10(11)7-12/h9-11H,2-8,12H2,1H3. The first-order chi connectivity index (χ1) is 6.35. The number of hydrogen-bond acceptors (Lipinski definition) is 2. The summed E-state index contributed by atoms with van der Waals surface area (Å²) in [4.78, 5) is 2.69. The molecule has 1 heterocycles. The van der Waals surface area contributed by atoms with Crippen molar-refractivity contribution in [1.29, 1.82) is 0 Å². The lowest BCUT2D eigenvalue weighted by Crippen LogP contribution is -2.48. The Hall–Kier alpha value is -0.0800. The van der Waals surface area contributed by atoms with Gasteiger partial charge in [0.25, 0.3) is 0 Å². The van der Waals surface area contributed by atoms with Crippen molar-refractivity contribution >= 4 is 0 Å². The van der Waals surface area contributed by atoms with Crippen molar-refractivity contribution in [2.75, 3.05) is 19.6 Å². The van der Waals surface area contributed by atoms with Gasteiger partial charge in [-0.25, -0.2) is 0 Å². The molecule has 0 bridgehead atoms. The minimum absolute atomic E-state index is 0.815. The smallest absolute Gasteiger partial charge is 0.0136 e. The second-order valence-electron chi connectivity index (χ2n) is 4.70. The van der Waals surface area contributed by atoms with Gasteiger partial charge in [0.15, 0.2) is 0 Å². The van der Waals surface area contributed by atoms with Gasteiger partial charge in [0, 0.05) is 12.6 Å². The van der Waals surface area contributed by atoms with Crippen LogP contribution in [-0.4, -0.2) is 30.6 Å². The highest BCUT2D eigenvalue weighted by molar-refractivity contribution is 4.92.